The van der Waals surface area contributed by atoms with E-state index in [0.29, 0.717) is 6.04 Å². The van der Waals surface area contributed by atoms with Gasteiger partial charge in [0, 0.05) is 25.2 Å². The van der Waals surface area contributed by atoms with Crippen molar-refractivity contribution in [2.45, 2.75) is 56.9 Å². The van der Waals surface area contributed by atoms with E-state index in [0.717, 1.165) is 5.92 Å². The van der Waals surface area contributed by atoms with Crippen LogP contribution in [0.4, 0.5) is 0 Å². The molecule has 2 aliphatic rings. The third kappa shape index (κ3) is 2.25. The molecular formula is C14H23N3. The molecule has 1 aliphatic carbocycles. The lowest BCUT2D eigenvalue weighted by Gasteiger charge is -2.15. The lowest BCUT2D eigenvalue weighted by molar-refractivity contribution is 0.562. The number of aromatic nitrogens is 2. The molecule has 1 aromatic heterocycles. The van der Waals surface area contributed by atoms with Gasteiger partial charge < -0.3 is 5.32 Å². The van der Waals surface area contributed by atoms with Crippen molar-refractivity contribution in [3.8, 4) is 0 Å². The molecule has 1 saturated carbocycles. The zero-order chi connectivity index (χ0) is 11.7. The molecule has 94 valence electrons. The van der Waals surface area contributed by atoms with Crippen LogP contribution < -0.4 is 5.32 Å². The fraction of sp³-hybridized carbons (Fsp3) is 0.786. The lowest BCUT2D eigenvalue weighted by atomic mass is 9.95. The summed E-state index contributed by atoms with van der Waals surface area (Å²) in [5, 5.41) is 8.09. The number of aryl methyl sites for hydroxylation is 1. The van der Waals surface area contributed by atoms with Crippen LogP contribution in [0, 0.1) is 0 Å². The molecule has 17 heavy (non-hydrogen) atoms. The Bertz CT molecular complexity index is 371. The van der Waals surface area contributed by atoms with Crippen LogP contribution >= 0.6 is 0 Å². The first kappa shape index (κ1) is 11.3. The second kappa shape index (κ2) is 4.81. The van der Waals surface area contributed by atoms with Gasteiger partial charge in [-0.25, -0.2) is 0 Å². The van der Waals surface area contributed by atoms with Gasteiger partial charge in [-0.15, -0.1) is 0 Å². The Morgan fingerprint density at radius 1 is 1.29 bits per heavy atom. The maximum absolute atomic E-state index is 4.49. The van der Waals surface area contributed by atoms with Crippen molar-refractivity contribution in [2.75, 3.05) is 6.54 Å². The zero-order valence-corrected chi connectivity index (χ0v) is 10.8. The van der Waals surface area contributed by atoms with Crippen LogP contribution in [0.3, 0.4) is 0 Å². The molecule has 0 radical (unpaired) electrons. The summed E-state index contributed by atoms with van der Waals surface area (Å²) >= 11 is 0. The molecule has 2 fully saturated rings. The topological polar surface area (TPSA) is 29.9 Å². The van der Waals surface area contributed by atoms with E-state index in [-0.39, 0.29) is 0 Å². The van der Waals surface area contributed by atoms with Crippen molar-refractivity contribution in [1.29, 1.82) is 0 Å². The molecule has 0 aromatic carbocycles. The van der Waals surface area contributed by atoms with Crippen molar-refractivity contribution in [1.82, 2.24) is 15.1 Å². The third-order valence-corrected chi connectivity index (χ3v) is 4.49. The Labute approximate surface area is 104 Å². The number of hydrogen-bond acceptors (Lipinski definition) is 2. The monoisotopic (exact) mass is 233 g/mol. The Hall–Kier alpha value is -0.830. The standard InChI is InChI=1S/C14H23N3/c1-17-14(9-12-7-4-8-15-12)13(10-16-17)11-5-2-3-6-11/h10-12,15H,2-9H2,1H3. The highest BCUT2D eigenvalue weighted by molar-refractivity contribution is 5.24. The van der Waals surface area contributed by atoms with Gasteiger partial charge in [-0.3, -0.25) is 4.68 Å². The fourth-order valence-electron chi connectivity index (χ4n) is 3.47. The molecule has 0 bridgehead atoms. The molecular weight excluding hydrogens is 210 g/mol. The smallest absolute Gasteiger partial charge is 0.0527 e. The average Bonchev–Trinajstić information content (AvgIpc) is 3.03. The van der Waals surface area contributed by atoms with Gasteiger partial charge in [0.15, 0.2) is 0 Å². The van der Waals surface area contributed by atoms with E-state index in [9.17, 15) is 0 Å². The van der Waals surface area contributed by atoms with Crippen LogP contribution in [0.2, 0.25) is 0 Å². The summed E-state index contributed by atoms with van der Waals surface area (Å²) in [6.07, 6.45) is 11.5. The van der Waals surface area contributed by atoms with Gasteiger partial charge >= 0.3 is 0 Å². The highest BCUT2D eigenvalue weighted by Gasteiger charge is 2.24. The van der Waals surface area contributed by atoms with Crippen LogP contribution in [0.1, 0.15) is 55.7 Å². The van der Waals surface area contributed by atoms with E-state index >= 15 is 0 Å². The van der Waals surface area contributed by atoms with Gasteiger partial charge in [0.25, 0.3) is 0 Å². The molecule has 1 aromatic rings. The minimum atomic E-state index is 0.686. The van der Waals surface area contributed by atoms with Crippen LogP contribution in [0.25, 0.3) is 0 Å². The normalized spacial score (nSPS) is 25.8. The maximum atomic E-state index is 4.49. The zero-order valence-electron chi connectivity index (χ0n) is 10.8. The Kier molecular flexibility index (Phi) is 3.19. The Morgan fingerprint density at radius 3 is 2.82 bits per heavy atom. The molecule has 3 heteroatoms. The molecule has 1 N–H and O–H groups in total. The van der Waals surface area contributed by atoms with E-state index in [1.54, 1.807) is 5.56 Å². The molecule has 1 saturated heterocycles. The summed E-state index contributed by atoms with van der Waals surface area (Å²) in [5.41, 5.74) is 3.02. The second-order valence-electron chi connectivity index (χ2n) is 5.65. The van der Waals surface area contributed by atoms with E-state index < -0.39 is 0 Å². The summed E-state index contributed by atoms with van der Waals surface area (Å²) in [7, 11) is 2.10. The van der Waals surface area contributed by atoms with Crippen molar-refractivity contribution in [3.05, 3.63) is 17.5 Å². The highest BCUT2D eigenvalue weighted by atomic mass is 15.3. The number of rotatable bonds is 3. The van der Waals surface area contributed by atoms with Crippen LogP contribution in [0.5, 0.6) is 0 Å². The molecule has 1 unspecified atom stereocenters. The molecule has 3 nitrogen and oxygen atoms in total. The molecule has 0 amide bonds. The van der Waals surface area contributed by atoms with Crippen molar-refractivity contribution < 1.29 is 0 Å². The highest BCUT2D eigenvalue weighted by Crippen LogP contribution is 2.36. The third-order valence-electron chi connectivity index (χ3n) is 4.49. The predicted octanol–water partition coefficient (Wildman–Crippen LogP) is 2.37. The Morgan fingerprint density at radius 2 is 2.12 bits per heavy atom. The van der Waals surface area contributed by atoms with Gasteiger partial charge in [0.2, 0.25) is 0 Å². The van der Waals surface area contributed by atoms with E-state index in [1.165, 1.54) is 57.2 Å². The van der Waals surface area contributed by atoms with Crippen molar-refractivity contribution in [3.63, 3.8) is 0 Å². The van der Waals surface area contributed by atoms with Gasteiger partial charge in [-0.1, -0.05) is 12.8 Å². The maximum Gasteiger partial charge on any atom is 0.0527 e. The summed E-state index contributed by atoms with van der Waals surface area (Å²) in [6.45, 7) is 1.20. The summed E-state index contributed by atoms with van der Waals surface area (Å²) in [6, 6.07) is 0.686. The van der Waals surface area contributed by atoms with E-state index in [1.807, 2.05) is 0 Å². The Balaban J connectivity index is 1.78. The van der Waals surface area contributed by atoms with Gasteiger partial charge in [-0.05, 0) is 43.7 Å². The number of nitrogens with one attached hydrogen (secondary N) is 1. The van der Waals surface area contributed by atoms with Gasteiger partial charge in [-0.2, -0.15) is 5.10 Å². The first-order valence-electron chi connectivity index (χ1n) is 7.09. The summed E-state index contributed by atoms with van der Waals surface area (Å²) < 4.78 is 2.10. The summed E-state index contributed by atoms with van der Waals surface area (Å²) in [5.74, 6) is 0.792. The first-order valence-corrected chi connectivity index (χ1v) is 7.09. The SMILES string of the molecule is Cn1ncc(C2CCCC2)c1CC1CCCN1. The quantitative estimate of drug-likeness (QED) is 0.868. The van der Waals surface area contributed by atoms with Crippen LogP contribution in [-0.4, -0.2) is 22.4 Å². The lowest BCUT2D eigenvalue weighted by Crippen LogP contribution is -2.25. The van der Waals surface area contributed by atoms with E-state index in [2.05, 4.69) is 28.3 Å². The first-order chi connectivity index (χ1) is 8.34. The largest absolute Gasteiger partial charge is 0.314 e. The van der Waals surface area contributed by atoms with Crippen molar-refractivity contribution in [2.24, 2.45) is 7.05 Å². The molecule has 1 aliphatic heterocycles. The molecule has 1 atom stereocenters. The minimum absolute atomic E-state index is 0.686. The fourth-order valence-corrected chi connectivity index (χ4v) is 3.47. The minimum Gasteiger partial charge on any atom is -0.314 e. The summed E-state index contributed by atoms with van der Waals surface area (Å²) in [4.78, 5) is 0. The molecule has 2 heterocycles. The number of hydrogen-bond donors (Lipinski definition) is 1. The van der Waals surface area contributed by atoms with Crippen LogP contribution in [-0.2, 0) is 13.5 Å². The van der Waals surface area contributed by atoms with Crippen LogP contribution in [0.15, 0.2) is 6.20 Å². The van der Waals surface area contributed by atoms with Gasteiger partial charge in [0.1, 0.15) is 0 Å². The second-order valence-corrected chi connectivity index (χ2v) is 5.65. The number of nitrogens with zero attached hydrogens (tertiary/aromatic N) is 2. The predicted molar refractivity (Wildman–Crippen MR) is 69.1 cm³/mol. The molecule has 0 spiro atoms. The average molecular weight is 233 g/mol. The van der Waals surface area contributed by atoms with Crippen molar-refractivity contribution >= 4 is 0 Å². The molecule has 3 rings (SSSR count). The van der Waals surface area contributed by atoms with Gasteiger partial charge in [0.05, 0.1) is 6.20 Å². The van der Waals surface area contributed by atoms with E-state index in [4.69, 9.17) is 0 Å².